The third kappa shape index (κ3) is 5.37. The summed E-state index contributed by atoms with van der Waals surface area (Å²) in [4.78, 5) is 8.61. The zero-order valence-corrected chi connectivity index (χ0v) is 15.7. The number of para-hydroxylation sites is 1. The lowest BCUT2D eigenvalue weighted by Crippen LogP contribution is -2.05. The summed E-state index contributed by atoms with van der Waals surface area (Å²) in [5.74, 6) is 1.09. The van der Waals surface area contributed by atoms with Crippen LogP contribution in [0.15, 0.2) is 59.8 Å². The molecule has 140 valence electrons. The average molecular weight is 411 g/mol. The minimum absolute atomic E-state index is 0.304. The number of aryl methyl sites for hydroxylation is 1. The number of rotatable bonds is 5. The predicted octanol–water partition coefficient (Wildman–Crippen LogP) is 6.54. The van der Waals surface area contributed by atoms with E-state index < -0.39 is 11.7 Å². The van der Waals surface area contributed by atoms with Crippen LogP contribution in [0.1, 0.15) is 16.8 Å². The van der Waals surface area contributed by atoms with Gasteiger partial charge in [-0.15, -0.1) is 0 Å². The summed E-state index contributed by atoms with van der Waals surface area (Å²) in [6.07, 6.45) is -4.36. The van der Waals surface area contributed by atoms with Crippen molar-refractivity contribution in [2.24, 2.45) is 0 Å². The molecule has 3 rings (SSSR count). The molecule has 27 heavy (non-hydrogen) atoms. The molecule has 0 spiro atoms. The normalized spacial score (nSPS) is 11.4. The van der Waals surface area contributed by atoms with E-state index in [4.69, 9.17) is 16.3 Å². The lowest BCUT2D eigenvalue weighted by atomic mass is 10.1. The Balaban J connectivity index is 1.74. The molecule has 0 aliphatic carbocycles. The molecule has 8 heteroatoms. The molecule has 0 aliphatic heterocycles. The Bertz CT molecular complexity index is 950. The van der Waals surface area contributed by atoms with Crippen molar-refractivity contribution >= 4 is 23.4 Å². The Morgan fingerprint density at radius 2 is 1.81 bits per heavy atom. The van der Waals surface area contributed by atoms with E-state index in [1.54, 1.807) is 43.3 Å². The van der Waals surface area contributed by atoms with Gasteiger partial charge in [0.15, 0.2) is 5.16 Å². The Morgan fingerprint density at radius 1 is 1.04 bits per heavy atom. The van der Waals surface area contributed by atoms with E-state index in [0.29, 0.717) is 38.8 Å². The van der Waals surface area contributed by atoms with Gasteiger partial charge in [-0.25, -0.2) is 4.98 Å². The molecule has 0 N–H and O–H groups in total. The van der Waals surface area contributed by atoms with Crippen LogP contribution in [0.25, 0.3) is 0 Å². The summed E-state index contributed by atoms with van der Waals surface area (Å²) in [6.45, 7) is 1.79. The van der Waals surface area contributed by atoms with Gasteiger partial charge < -0.3 is 4.74 Å². The van der Waals surface area contributed by atoms with E-state index in [0.717, 1.165) is 12.1 Å². The second-order valence-electron chi connectivity index (χ2n) is 5.65. The molecular formula is C19H14ClF3N2OS. The van der Waals surface area contributed by atoms with Crippen LogP contribution >= 0.6 is 23.4 Å². The number of ether oxygens (including phenoxy) is 1. The quantitative estimate of drug-likeness (QED) is 0.353. The van der Waals surface area contributed by atoms with Gasteiger partial charge in [0.2, 0.25) is 5.88 Å². The number of aromatic nitrogens is 2. The zero-order valence-electron chi connectivity index (χ0n) is 14.1. The van der Waals surface area contributed by atoms with Crippen LogP contribution in [0.5, 0.6) is 11.6 Å². The fourth-order valence-electron chi connectivity index (χ4n) is 2.26. The lowest BCUT2D eigenvalue weighted by molar-refractivity contribution is -0.137. The van der Waals surface area contributed by atoms with Gasteiger partial charge in [0.05, 0.1) is 10.6 Å². The van der Waals surface area contributed by atoms with E-state index in [-0.39, 0.29) is 0 Å². The molecule has 3 nitrogen and oxygen atoms in total. The molecular weight excluding hydrogens is 397 g/mol. The van der Waals surface area contributed by atoms with Gasteiger partial charge in [0, 0.05) is 17.5 Å². The summed E-state index contributed by atoms with van der Waals surface area (Å²) in [7, 11) is 0. The molecule has 1 heterocycles. The van der Waals surface area contributed by atoms with Crippen LogP contribution in [0, 0.1) is 6.92 Å². The highest BCUT2D eigenvalue weighted by atomic mass is 35.5. The first-order valence-electron chi connectivity index (χ1n) is 7.88. The Morgan fingerprint density at radius 3 is 2.56 bits per heavy atom. The highest BCUT2D eigenvalue weighted by Crippen LogP contribution is 2.32. The van der Waals surface area contributed by atoms with E-state index in [1.807, 2.05) is 0 Å². The third-order valence-electron chi connectivity index (χ3n) is 3.48. The number of nitrogens with zero attached hydrogens (tertiary/aromatic N) is 2. The first-order valence-corrected chi connectivity index (χ1v) is 9.24. The van der Waals surface area contributed by atoms with Gasteiger partial charge in [-0.05, 0) is 30.7 Å². The van der Waals surface area contributed by atoms with Crippen molar-refractivity contribution in [3.05, 3.63) is 76.4 Å². The predicted molar refractivity (Wildman–Crippen MR) is 99.3 cm³/mol. The number of hydrogen-bond donors (Lipinski definition) is 0. The number of benzene rings is 2. The van der Waals surface area contributed by atoms with Crippen LogP contribution in [-0.2, 0) is 11.9 Å². The van der Waals surface area contributed by atoms with E-state index in [9.17, 15) is 13.2 Å². The van der Waals surface area contributed by atoms with Crippen molar-refractivity contribution in [3.63, 3.8) is 0 Å². The minimum atomic E-state index is -4.36. The van der Waals surface area contributed by atoms with Crippen molar-refractivity contribution in [1.29, 1.82) is 0 Å². The maximum atomic E-state index is 12.8. The largest absolute Gasteiger partial charge is 0.437 e. The second-order valence-corrected chi connectivity index (χ2v) is 7.00. The van der Waals surface area contributed by atoms with E-state index >= 15 is 0 Å². The molecule has 0 atom stereocenters. The van der Waals surface area contributed by atoms with Crippen molar-refractivity contribution in [3.8, 4) is 11.6 Å². The van der Waals surface area contributed by atoms with Gasteiger partial charge in [-0.2, -0.15) is 18.2 Å². The third-order valence-corrected chi connectivity index (χ3v) is 4.71. The SMILES string of the molecule is Cc1cc(Oc2ccccc2Cl)nc(SCc2cccc(C(F)(F)F)c2)n1. The number of alkyl halides is 3. The summed E-state index contributed by atoms with van der Waals surface area (Å²) >= 11 is 7.31. The van der Waals surface area contributed by atoms with Crippen molar-refractivity contribution in [2.45, 2.75) is 24.0 Å². The van der Waals surface area contributed by atoms with Crippen LogP contribution in [-0.4, -0.2) is 9.97 Å². The fraction of sp³-hybridized carbons (Fsp3) is 0.158. The number of hydrogen-bond acceptors (Lipinski definition) is 4. The zero-order chi connectivity index (χ0) is 19.4. The summed E-state index contributed by atoms with van der Waals surface area (Å²) in [5.41, 5.74) is 0.542. The summed E-state index contributed by atoms with van der Waals surface area (Å²) < 4.78 is 44.2. The second kappa shape index (κ2) is 8.19. The monoisotopic (exact) mass is 410 g/mol. The molecule has 0 unspecified atom stereocenters. The van der Waals surface area contributed by atoms with Crippen molar-refractivity contribution < 1.29 is 17.9 Å². The molecule has 0 amide bonds. The Labute approximate surface area is 163 Å². The van der Waals surface area contributed by atoms with E-state index in [1.165, 1.54) is 17.8 Å². The fourth-order valence-corrected chi connectivity index (χ4v) is 3.27. The van der Waals surface area contributed by atoms with Gasteiger partial charge in [-0.1, -0.05) is 53.7 Å². The highest BCUT2D eigenvalue weighted by molar-refractivity contribution is 7.98. The number of halogens is 4. The van der Waals surface area contributed by atoms with Gasteiger partial charge in [-0.3, -0.25) is 0 Å². The average Bonchev–Trinajstić information content (AvgIpc) is 2.61. The lowest BCUT2D eigenvalue weighted by Gasteiger charge is -2.10. The molecule has 0 aliphatic rings. The standard InChI is InChI=1S/C19H14ClF3N2OS/c1-12-9-17(26-16-8-3-2-7-15(16)20)25-18(24-12)27-11-13-5-4-6-14(10-13)19(21,22)23/h2-10H,11H2,1H3. The van der Waals surface area contributed by atoms with Gasteiger partial charge >= 0.3 is 6.18 Å². The maximum Gasteiger partial charge on any atom is 0.416 e. The topological polar surface area (TPSA) is 35.0 Å². The summed E-state index contributed by atoms with van der Waals surface area (Å²) in [5, 5.41) is 0.862. The summed E-state index contributed by atoms with van der Waals surface area (Å²) in [6, 6.07) is 13.9. The maximum absolute atomic E-state index is 12.8. The molecule has 1 aromatic heterocycles. The van der Waals surface area contributed by atoms with Gasteiger partial charge in [0.1, 0.15) is 5.75 Å². The molecule has 3 aromatic rings. The Hall–Kier alpha value is -2.25. The molecule has 2 aromatic carbocycles. The smallest absolute Gasteiger partial charge is 0.416 e. The van der Waals surface area contributed by atoms with Crippen LogP contribution in [0.4, 0.5) is 13.2 Å². The molecule has 0 radical (unpaired) electrons. The Kier molecular flexibility index (Phi) is 5.92. The van der Waals surface area contributed by atoms with Gasteiger partial charge in [0.25, 0.3) is 0 Å². The van der Waals surface area contributed by atoms with Crippen LogP contribution in [0.2, 0.25) is 5.02 Å². The molecule has 0 saturated heterocycles. The minimum Gasteiger partial charge on any atom is -0.437 e. The molecule has 0 saturated carbocycles. The van der Waals surface area contributed by atoms with E-state index in [2.05, 4.69) is 9.97 Å². The number of thioether (sulfide) groups is 1. The first kappa shape index (κ1) is 19.5. The van der Waals surface area contributed by atoms with Crippen molar-refractivity contribution in [1.82, 2.24) is 9.97 Å². The molecule has 0 fully saturated rings. The first-order chi connectivity index (χ1) is 12.8. The molecule has 0 bridgehead atoms. The highest BCUT2D eigenvalue weighted by Gasteiger charge is 2.30. The van der Waals surface area contributed by atoms with Crippen LogP contribution in [0.3, 0.4) is 0 Å². The van der Waals surface area contributed by atoms with Crippen LogP contribution < -0.4 is 4.74 Å². The van der Waals surface area contributed by atoms with Crippen molar-refractivity contribution in [2.75, 3.05) is 0 Å².